The van der Waals surface area contributed by atoms with Gasteiger partial charge in [0, 0.05) is 12.1 Å². The minimum absolute atomic E-state index is 0.113. The van der Waals surface area contributed by atoms with Gasteiger partial charge >= 0.3 is 5.69 Å². The van der Waals surface area contributed by atoms with Gasteiger partial charge in [0.25, 0.3) is 5.91 Å². The first-order valence-electron chi connectivity index (χ1n) is 6.23. The zero-order valence-corrected chi connectivity index (χ0v) is 10.7. The first-order chi connectivity index (χ1) is 9.08. The van der Waals surface area contributed by atoms with Crippen LogP contribution < -0.4 is 10.1 Å². The number of nitrogens with one attached hydrogen (secondary N) is 1. The Bertz CT molecular complexity index is 485. The summed E-state index contributed by atoms with van der Waals surface area (Å²) < 4.78 is 5.21. The molecular weight excluding hydrogens is 248 g/mol. The summed E-state index contributed by atoms with van der Waals surface area (Å²) >= 11 is 0. The highest BCUT2D eigenvalue weighted by atomic mass is 16.6. The maximum absolute atomic E-state index is 11.6. The van der Waals surface area contributed by atoms with Gasteiger partial charge in [0.05, 0.1) is 4.92 Å². The van der Waals surface area contributed by atoms with Crippen LogP contribution in [0, 0.1) is 16.0 Å². The Kier molecular flexibility index (Phi) is 3.99. The van der Waals surface area contributed by atoms with E-state index in [1.807, 2.05) is 6.92 Å². The van der Waals surface area contributed by atoms with E-state index in [1.54, 1.807) is 12.1 Å². The van der Waals surface area contributed by atoms with Gasteiger partial charge in [-0.1, -0.05) is 12.1 Å². The van der Waals surface area contributed by atoms with E-state index in [-0.39, 0.29) is 30.0 Å². The number of carbonyl (C=O) groups excluding carboxylic acids is 1. The average Bonchev–Trinajstić information content (AvgIpc) is 3.20. The van der Waals surface area contributed by atoms with Gasteiger partial charge in [-0.2, -0.15) is 0 Å². The molecule has 0 saturated heterocycles. The van der Waals surface area contributed by atoms with Gasteiger partial charge in [-0.05, 0) is 31.7 Å². The van der Waals surface area contributed by atoms with Gasteiger partial charge in [0.2, 0.25) is 0 Å². The predicted octanol–water partition coefficient (Wildman–Crippen LogP) is 1.89. The number of ether oxygens (including phenoxy) is 1. The molecule has 6 heteroatoms. The molecule has 0 heterocycles. The number of hydrogen-bond donors (Lipinski definition) is 1. The van der Waals surface area contributed by atoms with E-state index in [4.69, 9.17) is 4.74 Å². The lowest BCUT2D eigenvalue weighted by molar-refractivity contribution is -0.385. The quantitative estimate of drug-likeness (QED) is 0.628. The number of amides is 1. The van der Waals surface area contributed by atoms with Crippen molar-refractivity contribution >= 4 is 11.6 Å². The summed E-state index contributed by atoms with van der Waals surface area (Å²) in [5.74, 6) is 0.425. The summed E-state index contributed by atoms with van der Waals surface area (Å²) in [5, 5.41) is 13.6. The lowest BCUT2D eigenvalue weighted by atomic mass is 10.2. The molecule has 19 heavy (non-hydrogen) atoms. The first-order valence-corrected chi connectivity index (χ1v) is 6.23. The van der Waals surface area contributed by atoms with E-state index in [0.29, 0.717) is 5.92 Å². The van der Waals surface area contributed by atoms with E-state index in [2.05, 4.69) is 5.32 Å². The zero-order chi connectivity index (χ0) is 13.8. The van der Waals surface area contributed by atoms with Crippen molar-refractivity contribution in [1.82, 2.24) is 5.32 Å². The lowest BCUT2D eigenvalue weighted by Gasteiger charge is -2.13. The summed E-state index contributed by atoms with van der Waals surface area (Å²) in [7, 11) is 0. The van der Waals surface area contributed by atoms with Crippen molar-refractivity contribution in [1.29, 1.82) is 0 Å². The van der Waals surface area contributed by atoms with E-state index < -0.39 is 4.92 Å². The van der Waals surface area contributed by atoms with E-state index >= 15 is 0 Å². The highest BCUT2D eigenvalue weighted by Gasteiger charge is 2.29. The number of carbonyl (C=O) groups is 1. The SMILES string of the molecule is CC(NC(=O)COc1ccccc1[N+](=O)[O-])C1CC1. The largest absolute Gasteiger partial charge is 0.477 e. The molecule has 0 aliphatic heterocycles. The van der Waals surface area contributed by atoms with E-state index in [9.17, 15) is 14.9 Å². The van der Waals surface area contributed by atoms with Crippen LogP contribution in [0.25, 0.3) is 0 Å². The van der Waals surface area contributed by atoms with Crippen molar-refractivity contribution in [3.05, 3.63) is 34.4 Å². The Labute approximate surface area is 110 Å². The molecule has 0 bridgehead atoms. The maximum atomic E-state index is 11.6. The Morgan fingerprint density at radius 2 is 2.21 bits per heavy atom. The van der Waals surface area contributed by atoms with Gasteiger partial charge in [-0.3, -0.25) is 14.9 Å². The first kappa shape index (κ1) is 13.3. The van der Waals surface area contributed by atoms with Gasteiger partial charge in [0.1, 0.15) is 0 Å². The third kappa shape index (κ3) is 3.67. The van der Waals surface area contributed by atoms with Crippen LogP contribution in [0.4, 0.5) is 5.69 Å². The van der Waals surface area contributed by atoms with Crippen molar-refractivity contribution in [3.8, 4) is 5.75 Å². The monoisotopic (exact) mass is 264 g/mol. The Morgan fingerprint density at radius 3 is 2.84 bits per heavy atom. The van der Waals surface area contributed by atoms with E-state index in [1.165, 1.54) is 12.1 Å². The molecule has 1 aliphatic carbocycles. The standard InChI is InChI=1S/C13H16N2O4/c1-9(10-6-7-10)14-13(16)8-19-12-5-3-2-4-11(12)15(17)18/h2-5,9-10H,6-8H2,1H3,(H,14,16). The maximum Gasteiger partial charge on any atom is 0.310 e. The van der Waals surface area contributed by atoms with Crippen molar-refractivity contribution < 1.29 is 14.5 Å². The molecule has 1 aromatic carbocycles. The summed E-state index contributed by atoms with van der Waals surface area (Å²) in [4.78, 5) is 21.9. The van der Waals surface area contributed by atoms with Gasteiger partial charge in [-0.25, -0.2) is 0 Å². The number of nitrogens with zero attached hydrogens (tertiary/aromatic N) is 1. The Morgan fingerprint density at radius 1 is 1.53 bits per heavy atom. The molecule has 0 radical (unpaired) electrons. The summed E-state index contributed by atoms with van der Waals surface area (Å²) in [6.45, 7) is 1.75. The molecule has 1 N–H and O–H groups in total. The van der Waals surface area contributed by atoms with Crippen molar-refractivity contribution in [2.75, 3.05) is 6.61 Å². The van der Waals surface area contributed by atoms with Crippen LogP contribution in [0.1, 0.15) is 19.8 Å². The van der Waals surface area contributed by atoms with Crippen LogP contribution in [-0.4, -0.2) is 23.5 Å². The summed E-state index contributed by atoms with van der Waals surface area (Å²) in [6.07, 6.45) is 2.29. The molecule has 0 spiro atoms. The van der Waals surface area contributed by atoms with Crippen molar-refractivity contribution in [2.24, 2.45) is 5.92 Å². The fourth-order valence-corrected chi connectivity index (χ4v) is 1.88. The fourth-order valence-electron chi connectivity index (χ4n) is 1.88. The van der Waals surface area contributed by atoms with Crippen LogP contribution >= 0.6 is 0 Å². The average molecular weight is 264 g/mol. The Balaban J connectivity index is 1.87. The fraction of sp³-hybridized carbons (Fsp3) is 0.462. The molecule has 1 aromatic rings. The highest BCUT2D eigenvalue weighted by molar-refractivity contribution is 5.78. The molecule has 1 fully saturated rings. The Hall–Kier alpha value is -2.11. The third-order valence-corrected chi connectivity index (χ3v) is 3.14. The van der Waals surface area contributed by atoms with Crippen LogP contribution in [0.15, 0.2) is 24.3 Å². The topological polar surface area (TPSA) is 81.5 Å². The third-order valence-electron chi connectivity index (χ3n) is 3.14. The number of benzene rings is 1. The number of nitro benzene ring substituents is 1. The van der Waals surface area contributed by atoms with Gasteiger partial charge in [0.15, 0.2) is 12.4 Å². The minimum atomic E-state index is -0.528. The predicted molar refractivity (Wildman–Crippen MR) is 68.9 cm³/mol. The lowest BCUT2D eigenvalue weighted by Crippen LogP contribution is -2.37. The highest BCUT2D eigenvalue weighted by Crippen LogP contribution is 2.32. The summed E-state index contributed by atoms with van der Waals surface area (Å²) in [5.41, 5.74) is -0.134. The van der Waals surface area contributed by atoms with Gasteiger partial charge in [-0.15, -0.1) is 0 Å². The molecule has 1 amide bonds. The second kappa shape index (κ2) is 5.69. The second-order valence-corrected chi connectivity index (χ2v) is 4.71. The van der Waals surface area contributed by atoms with Crippen LogP contribution in [-0.2, 0) is 4.79 Å². The molecule has 102 valence electrons. The molecule has 1 unspecified atom stereocenters. The molecule has 1 aliphatic rings. The normalized spacial score (nSPS) is 15.6. The number of nitro groups is 1. The van der Waals surface area contributed by atoms with Crippen LogP contribution in [0.2, 0.25) is 0 Å². The zero-order valence-electron chi connectivity index (χ0n) is 10.7. The molecule has 1 saturated carbocycles. The number of hydrogen-bond acceptors (Lipinski definition) is 4. The van der Waals surface area contributed by atoms with Gasteiger partial charge < -0.3 is 10.1 Å². The molecule has 6 nitrogen and oxygen atoms in total. The molecule has 2 rings (SSSR count). The number of para-hydroxylation sites is 2. The van der Waals surface area contributed by atoms with Crippen molar-refractivity contribution in [2.45, 2.75) is 25.8 Å². The van der Waals surface area contributed by atoms with Crippen LogP contribution in [0.3, 0.4) is 0 Å². The van der Waals surface area contributed by atoms with E-state index in [0.717, 1.165) is 12.8 Å². The number of rotatable bonds is 6. The molecule has 0 aromatic heterocycles. The van der Waals surface area contributed by atoms with Crippen LogP contribution in [0.5, 0.6) is 5.75 Å². The second-order valence-electron chi connectivity index (χ2n) is 4.71. The van der Waals surface area contributed by atoms with Crippen molar-refractivity contribution in [3.63, 3.8) is 0 Å². The summed E-state index contributed by atoms with van der Waals surface area (Å²) in [6, 6.07) is 6.16. The smallest absolute Gasteiger partial charge is 0.310 e. The molecule has 1 atom stereocenters. The molecular formula is C13H16N2O4. The minimum Gasteiger partial charge on any atom is -0.477 e.